The largest absolute Gasteiger partial charge is 0.355 e. The number of aromatic nitrogens is 3. The summed E-state index contributed by atoms with van der Waals surface area (Å²) in [4.78, 5) is 12.2. The molecule has 0 saturated heterocycles. The molecule has 2 heterocycles. The van der Waals surface area contributed by atoms with E-state index in [9.17, 15) is 4.79 Å². The molecule has 0 aliphatic heterocycles. The van der Waals surface area contributed by atoms with E-state index in [1.165, 1.54) is 0 Å². The van der Waals surface area contributed by atoms with Crippen molar-refractivity contribution in [2.45, 2.75) is 6.54 Å². The number of amides is 1. The highest BCUT2D eigenvalue weighted by atomic mass is 35.5. The van der Waals surface area contributed by atoms with Crippen LogP contribution >= 0.6 is 11.6 Å². The Morgan fingerprint density at radius 1 is 1.16 bits per heavy atom. The third-order valence-electron chi connectivity index (χ3n) is 3.83. The quantitative estimate of drug-likeness (QED) is 0.585. The van der Waals surface area contributed by atoms with Gasteiger partial charge in [-0.3, -0.25) is 9.89 Å². The Hall–Kier alpha value is -3.12. The lowest BCUT2D eigenvalue weighted by Gasteiger charge is -2.02. The maximum Gasteiger partial charge on any atom is 0.273 e. The molecular formula is C18H13ClN4O2. The number of rotatable bonds is 4. The van der Waals surface area contributed by atoms with Crippen molar-refractivity contribution in [3.05, 3.63) is 71.0 Å². The number of aromatic amines is 1. The van der Waals surface area contributed by atoms with Crippen molar-refractivity contribution in [1.29, 1.82) is 0 Å². The third kappa shape index (κ3) is 3.25. The molecule has 0 fully saturated rings. The van der Waals surface area contributed by atoms with Crippen LogP contribution in [0.5, 0.6) is 0 Å². The van der Waals surface area contributed by atoms with E-state index in [0.717, 1.165) is 22.0 Å². The molecule has 4 aromatic rings. The van der Waals surface area contributed by atoms with Crippen LogP contribution in [0.15, 0.2) is 59.3 Å². The zero-order valence-corrected chi connectivity index (χ0v) is 13.7. The van der Waals surface area contributed by atoms with Crippen LogP contribution < -0.4 is 5.32 Å². The average Bonchev–Trinajstić information content (AvgIpc) is 3.29. The molecule has 2 aromatic heterocycles. The number of nitrogens with one attached hydrogen (secondary N) is 2. The molecule has 2 aromatic carbocycles. The van der Waals surface area contributed by atoms with Gasteiger partial charge in [0.05, 0.1) is 11.7 Å². The van der Waals surface area contributed by atoms with Crippen molar-refractivity contribution < 1.29 is 9.32 Å². The fourth-order valence-corrected chi connectivity index (χ4v) is 2.62. The Bertz CT molecular complexity index is 1040. The van der Waals surface area contributed by atoms with Crippen molar-refractivity contribution in [3.63, 3.8) is 0 Å². The van der Waals surface area contributed by atoms with Crippen LogP contribution in [0.4, 0.5) is 0 Å². The summed E-state index contributed by atoms with van der Waals surface area (Å²) in [6.45, 7) is 0.388. The highest BCUT2D eigenvalue weighted by Gasteiger charge is 2.14. The Kier molecular flexibility index (Phi) is 3.95. The van der Waals surface area contributed by atoms with Crippen molar-refractivity contribution in [3.8, 4) is 11.3 Å². The van der Waals surface area contributed by atoms with Gasteiger partial charge in [-0.1, -0.05) is 28.9 Å². The zero-order chi connectivity index (χ0) is 17.2. The van der Waals surface area contributed by atoms with E-state index >= 15 is 0 Å². The van der Waals surface area contributed by atoms with Crippen LogP contribution in [0.3, 0.4) is 0 Å². The standard InChI is InChI=1S/C18H13ClN4O2/c19-14-4-1-11(2-5-14)9-20-18(24)16-8-17(25-23-16)12-3-6-15-13(7-12)10-21-22-15/h1-8,10H,9H2,(H,20,24)(H,21,22). The molecule has 25 heavy (non-hydrogen) atoms. The molecule has 1 amide bonds. The number of hydrogen-bond acceptors (Lipinski definition) is 4. The van der Waals surface area contributed by atoms with Crippen molar-refractivity contribution in [2.75, 3.05) is 0 Å². The van der Waals surface area contributed by atoms with Crippen molar-refractivity contribution in [1.82, 2.24) is 20.7 Å². The first-order valence-electron chi connectivity index (χ1n) is 7.62. The summed E-state index contributed by atoms with van der Waals surface area (Å²) in [5.74, 6) is 0.231. The van der Waals surface area contributed by atoms with Gasteiger partial charge in [0.1, 0.15) is 0 Å². The number of nitrogens with zero attached hydrogens (tertiary/aromatic N) is 2. The van der Waals surface area contributed by atoms with Crippen LogP contribution in [0.25, 0.3) is 22.2 Å². The van der Waals surface area contributed by atoms with Gasteiger partial charge in [0, 0.05) is 28.6 Å². The molecule has 4 rings (SSSR count). The lowest BCUT2D eigenvalue weighted by molar-refractivity contribution is 0.0942. The molecule has 0 saturated carbocycles. The predicted molar refractivity (Wildman–Crippen MR) is 94.2 cm³/mol. The Morgan fingerprint density at radius 3 is 2.84 bits per heavy atom. The van der Waals surface area contributed by atoms with E-state index in [4.69, 9.17) is 16.1 Å². The van der Waals surface area contributed by atoms with Gasteiger partial charge in [0.25, 0.3) is 5.91 Å². The smallest absolute Gasteiger partial charge is 0.273 e. The molecule has 0 unspecified atom stereocenters. The second-order valence-electron chi connectivity index (χ2n) is 5.56. The zero-order valence-electron chi connectivity index (χ0n) is 13.0. The van der Waals surface area contributed by atoms with Crippen molar-refractivity contribution in [2.24, 2.45) is 0 Å². The number of carbonyl (C=O) groups excluding carboxylic acids is 1. The molecule has 0 atom stereocenters. The predicted octanol–water partition coefficient (Wildman–Crippen LogP) is 3.80. The van der Waals surface area contributed by atoms with Crippen LogP contribution in [-0.4, -0.2) is 21.3 Å². The fraction of sp³-hybridized carbons (Fsp3) is 0.0556. The maximum absolute atomic E-state index is 12.2. The number of benzene rings is 2. The molecule has 0 spiro atoms. The van der Waals surface area contributed by atoms with E-state index in [2.05, 4.69) is 20.7 Å². The highest BCUT2D eigenvalue weighted by molar-refractivity contribution is 6.30. The molecule has 124 valence electrons. The van der Waals surface area contributed by atoms with Gasteiger partial charge in [-0.05, 0) is 35.9 Å². The van der Waals surface area contributed by atoms with E-state index in [1.807, 2.05) is 30.3 Å². The van der Waals surface area contributed by atoms with Crippen LogP contribution in [0, 0.1) is 0 Å². The summed E-state index contributed by atoms with van der Waals surface area (Å²) < 4.78 is 5.31. The first kappa shape index (κ1) is 15.4. The van der Waals surface area contributed by atoms with Gasteiger partial charge in [-0.2, -0.15) is 5.10 Å². The summed E-state index contributed by atoms with van der Waals surface area (Å²) in [7, 11) is 0. The minimum atomic E-state index is -0.297. The van der Waals surface area contributed by atoms with Gasteiger partial charge in [-0.25, -0.2) is 0 Å². The van der Waals surface area contributed by atoms with Crippen molar-refractivity contribution >= 4 is 28.4 Å². The SMILES string of the molecule is O=C(NCc1ccc(Cl)cc1)c1cc(-c2ccc3[nH]ncc3c2)on1. The number of hydrogen-bond donors (Lipinski definition) is 2. The first-order chi connectivity index (χ1) is 12.2. The Labute approximate surface area is 147 Å². The highest BCUT2D eigenvalue weighted by Crippen LogP contribution is 2.24. The summed E-state index contributed by atoms with van der Waals surface area (Å²) in [6, 6.07) is 14.6. The molecule has 2 N–H and O–H groups in total. The molecule has 0 aliphatic carbocycles. The molecule has 0 aliphatic rings. The normalized spacial score (nSPS) is 10.9. The van der Waals surface area contributed by atoms with Gasteiger partial charge >= 0.3 is 0 Å². The summed E-state index contributed by atoms with van der Waals surface area (Å²) in [6.07, 6.45) is 1.73. The van der Waals surface area contributed by atoms with E-state index in [-0.39, 0.29) is 11.6 Å². The van der Waals surface area contributed by atoms with Crippen LogP contribution in [0.1, 0.15) is 16.1 Å². The summed E-state index contributed by atoms with van der Waals surface area (Å²) in [5, 5.41) is 15.2. The van der Waals surface area contributed by atoms with Gasteiger partial charge in [0.15, 0.2) is 11.5 Å². The lowest BCUT2D eigenvalue weighted by atomic mass is 10.1. The van der Waals surface area contributed by atoms with E-state index in [1.54, 1.807) is 24.4 Å². The molecule has 0 radical (unpaired) electrons. The van der Waals surface area contributed by atoms with Crippen LogP contribution in [0.2, 0.25) is 5.02 Å². The average molecular weight is 353 g/mol. The molecule has 0 bridgehead atoms. The number of fused-ring (bicyclic) bond motifs is 1. The summed E-state index contributed by atoms with van der Waals surface area (Å²) in [5.41, 5.74) is 2.95. The molecule has 6 nitrogen and oxygen atoms in total. The van der Waals surface area contributed by atoms with E-state index in [0.29, 0.717) is 17.3 Å². The molecule has 7 heteroatoms. The van der Waals surface area contributed by atoms with Crippen LogP contribution in [-0.2, 0) is 6.54 Å². The Morgan fingerprint density at radius 2 is 2.00 bits per heavy atom. The van der Waals surface area contributed by atoms with Gasteiger partial charge in [0.2, 0.25) is 0 Å². The minimum Gasteiger partial charge on any atom is -0.355 e. The Balaban J connectivity index is 1.48. The number of halogens is 1. The number of carbonyl (C=O) groups is 1. The second-order valence-corrected chi connectivity index (χ2v) is 5.99. The second kappa shape index (κ2) is 6.41. The fourth-order valence-electron chi connectivity index (χ4n) is 2.49. The first-order valence-corrected chi connectivity index (χ1v) is 8.00. The minimum absolute atomic E-state index is 0.233. The van der Waals surface area contributed by atoms with Gasteiger partial charge < -0.3 is 9.84 Å². The van der Waals surface area contributed by atoms with Gasteiger partial charge in [-0.15, -0.1) is 0 Å². The topological polar surface area (TPSA) is 83.8 Å². The molecular weight excluding hydrogens is 340 g/mol. The number of H-pyrrole nitrogens is 1. The lowest BCUT2D eigenvalue weighted by Crippen LogP contribution is -2.22. The maximum atomic E-state index is 12.2. The monoisotopic (exact) mass is 352 g/mol. The summed E-state index contributed by atoms with van der Waals surface area (Å²) >= 11 is 5.84. The van der Waals surface area contributed by atoms with E-state index < -0.39 is 0 Å². The third-order valence-corrected chi connectivity index (χ3v) is 4.09.